The second-order valence-electron chi connectivity index (χ2n) is 4.53. The molecule has 0 fully saturated rings. The summed E-state index contributed by atoms with van der Waals surface area (Å²) in [5, 5.41) is 0. The number of carbonyl (C=O) groups excluding carboxylic acids is 1. The lowest BCUT2D eigenvalue weighted by Gasteiger charge is -2.04. The van der Waals surface area contributed by atoms with Gasteiger partial charge in [0.15, 0.2) is 0 Å². The average Bonchev–Trinajstić information content (AvgIpc) is 2.76. The Kier molecular flexibility index (Phi) is 4.29. The van der Waals surface area contributed by atoms with E-state index in [-0.39, 0.29) is 5.91 Å². The number of hydrogen-bond acceptors (Lipinski definition) is 2. The largest absolute Gasteiger partial charge is 0.337 e. The number of nitrogens with zero attached hydrogens (tertiary/aromatic N) is 2. The van der Waals surface area contributed by atoms with Crippen LogP contribution in [-0.4, -0.2) is 22.8 Å². The summed E-state index contributed by atoms with van der Waals surface area (Å²) in [5.41, 5.74) is 3.29. The van der Waals surface area contributed by atoms with Crippen molar-refractivity contribution in [2.45, 2.75) is 19.9 Å². The number of aromatic nitrogens is 1. The molecule has 0 saturated carbocycles. The van der Waals surface area contributed by atoms with Gasteiger partial charge in [0.25, 0.3) is 5.91 Å². The number of fused-ring (bicyclic) bond motifs is 1. The summed E-state index contributed by atoms with van der Waals surface area (Å²) in [6.45, 7) is 2.88. The van der Waals surface area contributed by atoms with Crippen LogP contribution >= 0.6 is 0 Å². The molecule has 1 aromatic carbocycles. The molecule has 0 atom stereocenters. The van der Waals surface area contributed by atoms with E-state index < -0.39 is 0 Å². The van der Waals surface area contributed by atoms with Crippen molar-refractivity contribution in [3.05, 3.63) is 65.5 Å². The number of hydrogen-bond donors (Lipinski definition) is 0. The van der Waals surface area contributed by atoms with Crippen LogP contribution in [-0.2, 0) is 13.0 Å². The summed E-state index contributed by atoms with van der Waals surface area (Å²) in [4.78, 5) is 17.0. The second-order valence-corrected chi connectivity index (χ2v) is 4.53. The van der Waals surface area contributed by atoms with Crippen LogP contribution in [0.15, 0.2) is 48.8 Å². The molecule has 0 aliphatic carbocycles. The lowest BCUT2D eigenvalue weighted by Crippen LogP contribution is -2.17. The van der Waals surface area contributed by atoms with Crippen LogP contribution in [0.2, 0.25) is 0 Å². The maximum Gasteiger partial charge on any atom is 0.254 e. The van der Waals surface area contributed by atoms with Crippen LogP contribution in [0.25, 0.3) is 0 Å². The smallest absolute Gasteiger partial charge is 0.254 e. The Labute approximate surface area is 113 Å². The fraction of sp³-hybridized carbons (Fsp3) is 0.250. The topological polar surface area (TPSA) is 33.2 Å². The lowest BCUT2D eigenvalue weighted by atomic mass is 10.1. The monoisotopic (exact) mass is 254 g/mol. The Hall–Kier alpha value is -2.16. The molecule has 2 heterocycles. The van der Waals surface area contributed by atoms with Gasteiger partial charge in [-0.2, -0.15) is 0 Å². The number of carbonyl (C=O) groups is 1. The molecule has 1 aliphatic rings. The molecular weight excluding hydrogens is 236 g/mol. The highest BCUT2D eigenvalue weighted by Gasteiger charge is 2.22. The van der Waals surface area contributed by atoms with Gasteiger partial charge in [-0.25, -0.2) is 0 Å². The van der Waals surface area contributed by atoms with E-state index in [1.54, 1.807) is 11.1 Å². The Balaban J connectivity index is 0.000000148. The van der Waals surface area contributed by atoms with Crippen LogP contribution in [0.4, 0.5) is 0 Å². The minimum atomic E-state index is 0.139. The van der Waals surface area contributed by atoms with Gasteiger partial charge in [-0.15, -0.1) is 0 Å². The van der Waals surface area contributed by atoms with E-state index in [1.165, 1.54) is 5.56 Å². The highest BCUT2D eigenvalue weighted by molar-refractivity contribution is 5.98. The second kappa shape index (κ2) is 6.14. The molecule has 0 spiro atoms. The number of aryl methyl sites for hydroxylation is 1. The van der Waals surface area contributed by atoms with Crippen molar-refractivity contribution in [2.24, 2.45) is 0 Å². The molecule has 3 nitrogen and oxygen atoms in total. The summed E-state index contributed by atoms with van der Waals surface area (Å²) in [7, 11) is 1.82. The van der Waals surface area contributed by atoms with E-state index in [0.717, 1.165) is 24.1 Å². The van der Waals surface area contributed by atoms with Gasteiger partial charge in [0.2, 0.25) is 0 Å². The van der Waals surface area contributed by atoms with E-state index in [2.05, 4.69) is 18.0 Å². The van der Waals surface area contributed by atoms with Gasteiger partial charge in [0.05, 0.1) is 0 Å². The quantitative estimate of drug-likeness (QED) is 0.784. The zero-order chi connectivity index (χ0) is 13.7. The minimum Gasteiger partial charge on any atom is -0.337 e. The van der Waals surface area contributed by atoms with Gasteiger partial charge in [-0.05, 0) is 29.7 Å². The van der Waals surface area contributed by atoms with E-state index in [9.17, 15) is 4.79 Å². The molecule has 98 valence electrons. The first-order chi connectivity index (χ1) is 9.22. The zero-order valence-corrected chi connectivity index (χ0v) is 11.3. The van der Waals surface area contributed by atoms with Crippen molar-refractivity contribution in [1.29, 1.82) is 0 Å². The maximum absolute atomic E-state index is 11.3. The Morgan fingerprint density at radius 1 is 1.21 bits per heavy atom. The zero-order valence-electron chi connectivity index (χ0n) is 11.3. The summed E-state index contributed by atoms with van der Waals surface area (Å²) in [6.07, 6.45) is 4.76. The summed E-state index contributed by atoms with van der Waals surface area (Å²) in [5.74, 6) is 0.139. The molecule has 0 bridgehead atoms. The summed E-state index contributed by atoms with van der Waals surface area (Å²) >= 11 is 0. The van der Waals surface area contributed by atoms with Gasteiger partial charge in [-0.1, -0.05) is 31.2 Å². The van der Waals surface area contributed by atoms with E-state index in [4.69, 9.17) is 0 Å². The van der Waals surface area contributed by atoms with Gasteiger partial charge >= 0.3 is 0 Å². The maximum atomic E-state index is 11.3. The van der Waals surface area contributed by atoms with Crippen LogP contribution in [0, 0.1) is 0 Å². The van der Waals surface area contributed by atoms with Crippen LogP contribution in [0.1, 0.15) is 28.4 Å². The standard InChI is InChI=1S/C9H9NO.C7H9N/c1-10-6-7-4-2-3-5-8(7)9(10)11;1-2-7-4-3-5-8-6-7/h2-5H,6H2,1H3;3-6H,2H2,1H3. The minimum absolute atomic E-state index is 0.139. The molecule has 1 amide bonds. The van der Waals surface area contributed by atoms with E-state index >= 15 is 0 Å². The van der Waals surface area contributed by atoms with Crippen molar-refractivity contribution in [3.8, 4) is 0 Å². The van der Waals surface area contributed by atoms with Crippen molar-refractivity contribution in [1.82, 2.24) is 9.88 Å². The van der Waals surface area contributed by atoms with Crippen LogP contribution in [0.3, 0.4) is 0 Å². The highest BCUT2D eigenvalue weighted by Crippen LogP contribution is 2.19. The molecule has 0 radical (unpaired) electrons. The Morgan fingerprint density at radius 2 is 2.00 bits per heavy atom. The molecule has 2 aromatic rings. The predicted octanol–water partition coefficient (Wildman–Crippen LogP) is 2.92. The van der Waals surface area contributed by atoms with Crippen molar-refractivity contribution in [3.63, 3.8) is 0 Å². The summed E-state index contributed by atoms with van der Waals surface area (Å²) < 4.78 is 0. The van der Waals surface area contributed by atoms with E-state index in [1.807, 2.05) is 43.6 Å². The molecule has 0 N–H and O–H groups in total. The first kappa shape index (κ1) is 13.3. The van der Waals surface area contributed by atoms with Crippen molar-refractivity contribution >= 4 is 5.91 Å². The Morgan fingerprint density at radius 3 is 2.58 bits per heavy atom. The predicted molar refractivity (Wildman–Crippen MR) is 75.9 cm³/mol. The molecule has 0 saturated heterocycles. The number of amides is 1. The third kappa shape index (κ3) is 3.19. The third-order valence-corrected chi connectivity index (χ3v) is 3.13. The SMILES string of the molecule is CCc1cccnc1.CN1Cc2ccccc2C1=O. The molecule has 0 unspecified atom stereocenters. The summed E-state index contributed by atoms with van der Waals surface area (Å²) in [6, 6.07) is 11.8. The molecule has 1 aromatic heterocycles. The molecule has 19 heavy (non-hydrogen) atoms. The van der Waals surface area contributed by atoms with Crippen molar-refractivity contribution < 1.29 is 4.79 Å². The molecular formula is C16H18N2O. The first-order valence-corrected chi connectivity index (χ1v) is 6.44. The van der Waals surface area contributed by atoms with Crippen LogP contribution < -0.4 is 0 Å². The fourth-order valence-electron chi connectivity index (χ4n) is 2.01. The van der Waals surface area contributed by atoms with E-state index in [0.29, 0.717) is 0 Å². The molecule has 1 aliphatic heterocycles. The highest BCUT2D eigenvalue weighted by atomic mass is 16.2. The average molecular weight is 254 g/mol. The Bertz CT molecular complexity index is 552. The van der Waals surface area contributed by atoms with Crippen LogP contribution in [0.5, 0.6) is 0 Å². The van der Waals surface area contributed by atoms with Gasteiger partial charge < -0.3 is 4.90 Å². The first-order valence-electron chi connectivity index (χ1n) is 6.44. The van der Waals surface area contributed by atoms with Gasteiger partial charge in [-0.3, -0.25) is 9.78 Å². The number of rotatable bonds is 1. The molecule has 3 heteroatoms. The number of benzene rings is 1. The normalized spacial score (nSPS) is 12.7. The van der Waals surface area contributed by atoms with Gasteiger partial charge in [0, 0.05) is 31.5 Å². The fourth-order valence-corrected chi connectivity index (χ4v) is 2.01. The van der Waals surface area contributed by atoms with Gasteiger partial charge in [0.1, 0.15) is 0 Å². The lowest BCUT2D eigenvalue weighted by molar-refractivity contribution is 0.0816. The third-order valence-electron chi connectivity index (χ3n) is 3.13. The van der Waals surface area contributed by atoms with Crippen molar-refractivity contribution in [2.75, 3.05) is 7.05 Å². The molecule has 3 rings (SSSR count). The number of pyridine rings is 1.